The molecule has 0 aliphatic rings. The van der Waals surface area contributed by atoms with Gasteiger partial charge in [-0.25, -0.2) is 0 Å². The lowest BCUT2D eigenvalue weighted by Gasteiger charge is -1.95. The molecule has 7 heteroatoms. The lowest BCUT2D eigenvalue weighted by atomic mass is 10.2. The van der Waals surface area contributed by atoms with Crippen molar-refractivity contribution in [3.8, 4) is 0 Å². The first-order chi connectivity index (χ1) is 6.93. The Bertz CT molecular complexity index is 414. The molecule has 1 aromatic heterocycles. The first kappa shape index (κ1) is 12.8. The monoisotopic (exact) mass is 286 g/mol. The van der Waals surface area contributed by atoms with Crippen LogP contribution in [0.25, 0.3) is 0 Å². The van der Waals surface area contributed by atoms with Crippen LogP contribution in [0.15, 0.2) is 0 Å². The molecule has 0 atom stereocenters. The second kappa shape index (κ2) is 5.16. The Morgan fingerprint density at radius 1 is 1.13 bits per heavy atom. The van der Waals surface area contributed by atoms with Gasteiger partial charge in [0.15, 0.2) is 5.78 Å². The highest BCUT2D eigenvalue weighted by Crippen LogP contribution is 2.40. The maximum absolute atomic E-state index is 11.5. The van der Waals surface area contributed by atoms with Crippen molar-refractivity contribution >= 4 is 57.9 Å². The van der Waals surface area contributed by atoms with Crippen molar-refractivity contribution < 1.29 is 14.7 Å². The average Bonchev–Trinajstić information content (AvgIpc) is 2.42. The molecule has 1 N–H and O–H groups in total. The topological polar surface area (TPSA) is 54.4 Å². The van der Waals surface area contributed by atoms with Crippen molar-refractivity contribution in [3.05, 3.63) is 19.3 Å². The molecule has 3 nitrogen and oxygen atoms in total. The minimum Gasteiger partial charge on any atom is -0.481 e. The fourth-order valence-electron chi connectivity index (χ4n) is 0.878. The number of Topliss-reactive ketones (excluding diaryl/α,β-unsaturated/α-hetero) is 1. The summed E-state index contributed by atoms with van der Waals surface area (Å²) in [4.78, 5) is 22.0. The molecule has 0 amide bonds. The number of hydrogen-bond acceptors (Lipinski definition) is 3. The third-order valence-corrected chi connectivity index (χ3v) is 4.19. The minimum absolute atomic E-state index is 0.0991. The van der Waals surface area contributed by atoms with E-state index in [1.54, 1.807) is 0 Å². The van der Waals surface area contributed by atoms with Gasteiger partial charge in [0.25, 0.3) is 0 Å². The van der Waals surface area contributed by atoms with Gasteiger partial charge in [-0.05, 0) is 0 Å². The van der Waals surface area contributed by atoms with E-state index in [9.17, 15) is 9.59 Å². The summed E-state index contributed by atoms with van der Waals surface area (Å²) in [7, 11) is 0. The molecule has 1 aromatic rings. The number of carbonyl (C=O) groups excluding carboxylic acids is 1. The molecule has 0 unspecified atom stereocenters. The Hall–Kier alpha value is -0.290. The van der Waals surface area contributed by atoms with Crippen LogP contribution >= 0.6 is 46.1 Å². The van der Waals surface area contributed by atoms with Gasteiger partial charge in [0.2, 0.25) is 0 Å². The van der Waals surface area contributed by atoms with Crippen LogP contribution in [-0.2, 0) is 4.79 Å². The molecule has 0 fully saturated rings. The quantitative estimate of drug-likeness (QED) is 0.858. The number of ketones is 1. The van der Waals surface area contributed by atoms with E-state index < -0.39 is 5.97 Å². The Morgan fingerprint density at radius 3 is 2.13 bits per heavy atom. The molecule has 0 aliphatic heterocycles. The van der Waals surface area contributed by atoms with E-state index >= 15 is 0 Å². The van der Waals surface area contributed by atoms with Crippen molar-refractivity contribution in [2.45, 2.75) is 12.8 Å². The van der Waals surface area contributed by atoms with Crippen molar-refractivity contribution in [2.24, 2.45) is 0 Å². The first-order valence-corrected chi connectivity index (χ1v) is 5.76. The van der Waals surface area contributed by atoms with Gasteiger partial charge in [-0.15, -0.1) is 11.3 Å². The second-order valence-electron chi connectivity index (χ2n) is 2.65. The van der Waals surface area contributed by atoms with Gasteiger partial charge in [0.1, 0.15) is 4.34 Å². The van der Waals surface area contributed by atoms with E-state index in [4.69, 9.17) is 39.9 Å². The number of rotatable bonds is 4. The largest absolute Gasteiger partial charge is 0.481 e. The smallest absolute Gasteiger partial charge is 0.303 e. The highest BCUT2D eigenvalue weighted by Gasteiger charge is 2.19. The number of hydrogen-bond donors (Lipinski definition) is 1. The Labute approximate surface area is 105 Å². The third kappa shape index (κ3) is 3.08. The van der Waals surface area contributed by atoms with Crippen LogP contribution in [0.4, 0.5) is 0 Å². The molecular formula is C8H5Cl3O3S. The molecular weight excluding hydrogens is 283 g/mol. The number of thiophene rings is 1. The van der Waals surface area contributed by atoms with E-state index in [1.807, 2.05) is 0 Å². The van der Waals surface area contributed by atoms with E-state index in [-0.39, 0.29) is 37.9 Å². The zero-order chi connectivity index (χ0) is 11.6. The Morgan fingerprint density at radius 2 is 1.73 bits per heavy atom. The summed E-state index contributed by atoms with van der Waals surface area (Å²) in [5.41, 5.74) is 0. The van der Waals surface area contributed by atoms with Gasteiger partial charge in [-0.2, -0.15) is 0 Å². The number of carboxylic acid groups (broad SMARTS) is 1. The van der Waals surface area contributed by atoms with E-state index in [0.717, 1.165) is 11.3 Å². The molecule has 82 valence electrons. The summed E-state index contributed by atoms with van der Waals surface area (Å²) in [5.74, 6) is -1.39. The molecule has 0 bridgehead atoms. The van der Waals surface area contributed by atoms with Crippen LogP contribution in [0, 0.1) is 0 Å². The SMILES string of the molecule is O=C(O)CCC(=O)c1sc(Cl)c(Cl)c1Cl. The van der Waals surface area contributed by atoms with E-state index in [1.165, 1.54) is 0 Å². The van der Waals surface area contributed by atoms with Crippen LogP contribution < -0.4 is 0 Å². The zero-order valence-corrected chi connectivity index (χ0v) is 10.3. The van der Waals surface area contributed by atoms with Crippen LogP contribution in [0.2, 0.25) is 14.4 Å². The summed E-state index contributed by atoms with van der Waals surface area (Å²) >= 11 is 18.1. The molecule has 0 aromatic carbocycles. The highest BCUT2D eigenvalue weighted by molar-refractivity contribution is 7.19. The molecule has 15 heavy (non-hydrogen) atoms. The average molecular weight is 288 g/mol. The standard InChI is InChI=1S/C8H5Cl3O3S/c9-5-6(10)8(11)15-7(5)3(12)1-2-4(13)14/h1-2H2,(H,13,14). The van der Waals surface area contributed by atoms with Crippen molar-refractivity contribution in [1.29, 1.82) is 0 Å². The zero-order valence-electron chi connectivity index (χ0n) is 7.22. The summed E-state index contributed by atoms with van der Waals surface area (Å²) in [6.07, 6.45) is -0.343. The number of halogens is 3. The normalized spacial score (nSPS) is 10.3. The fraction of sp³-hybridized carbons (Fsp3) is 0.250. The van der Waals surface area contributed by atoms with Gasteiger partial charge in [0, 0.05) is 6.42 Å². The fourth-order valence-corrected chi connectivity index (χ4v) is 2.67. The number of carboxylic acids is 1. The predicted octanol–water partition coefficient (Wildman–Crippen LogP) is 3.76. The molecule has 0 saturated carbocycles. The van der Waals surface area contributed by atoms with Crippen molar-refractivity contribution in [3.63, 3.8) is 0 Å². The first-order valence-electron chi connectivity index (χ1n) is 3.81. The van der Waals surface area contributed by atoms with Gasteiger partial charge in [-0.1, -0.05) is 34.8 Å². The molecule has 1 rings (SSSR count). The Balaban J connectivity index is 2.83. The van der Waals surface area contributed by atoms with Crippen LogP contribution in [-0.4, -0.2) is 16.9 Å². The van der Waals surface area contributed by atoms with Crippen LogP contribution in [0.3, 0.4) is 0 Å². The van der Waals surface area contributed by atoms with Crippen molar-refractivity contribution in [2.75, 3.05) is 0 Å². The second-order valence-corrected chi connectivity index (χ2v) is 5.03. The minimum atomic E-state index is -1.03. The van der Waals surface area contributed by atoms with Gasteiger partial charge in [0.05, 0.1) is 21.3 Å². The molecule has 0 spiro atoms. The summed E-state index contributed by atoms with van der Waals surface area (Å²) < 4.78 is 0.236. The molecule has 0 saturated heterocycles. The maximum atomic E-state index is 11.5. The van der Waals surface area contributed by atoms with Crippen molar-refractivity contribution in [1.82, 2.24) is 0 Å². The highest BCUT2D eigenvalue weighted by atomic mass is 35.5. The molecule has 0 radical (unpaired) electrons. The van der Waals surface area contributed by atoms with Gasteiger partial charge >= 0.3 is 5.97 Å². The number of aliphatic carboxylic acids is 1. The van der Waals surface area contributed by atoms with E-state index in [2.05, 4.69) is 0 Å². The van der Waals surface area contributed by atoms with E-state index in [0.29, 0.717) is 0 Å². The molecule has 1 heterocycles. The van der Waals surface area contributed by atoms with Crippen LogP contribution in [0.5, 0.6) is 0 Å². The Kier molecular flexibility index (Phi) is 4.40. The lowest BCUT2D eigenvalue weighted by molar-refractivity contribution is -0.136. The maximum Gasteiger partial charge on any atom is 0.303 e. The molecule has 0 aliphatic carbocycles. The van der Waals surface area contributed by atoms with Gasteiger partial charge < -0.3 is 5.11 Å². The lowest BCUT2D eigenvalue weighted by Crippen LogP contribution is -2.02. The third-order valence-electron chi connectivity index (χ3n) is 1.58. The summed E-state index contributed by atoms with van der Waals surface area (Å²) in [5, 5.41) is 8.64. The predicted molar refractivity (Wildman–Crippen MR) is 60.5 cm³/mol. The van der Waals surface area contributed by atoms with Gasteiger partial charge in [-0.3, -0.25) is 9.59 Å². The number of carbonyl (C=O) groups is 2. The van der Waals surface area contributed by atoms with Crippen LogP contribution in [0.1, 0.15) is 22.5 Å². The summed E-state index contributed by atoms with van der Waals surface area (Å²) in [6, 6.07) is 0. The summed E-state index contributed by atoms with van der Waals surface area (Å²) in [6.45, 7) is 0.